The maximum atomic E-state index is 12.3. The average Bonchev–Trinajstić information content (AvgIpc) is 2.79. The molecule has 0 spiro atoms. The van der Waals surface area contributed by atoms with E-state index in [0.29, 0.717) is 4.88 Å². The fourth-order valence-electron chi connectivity index (χ4n) is 2.30. The molecule has 20 heavy (non-hydrogen) atoms. The molecule has 0 saturated heterocycles. The highest BCUT2D eigenvalue weighted by Gasteiger charge is 2.24. The predicted molar refractivity (Wildman–Crippen MR) is 73.7 cm³/mol. The van der Waals surface area contributed by atoms with Crippen LogP contribution in [0.5, 0.6) is 0 Å². The minimum Gasteiger partial charge on any atom is -0.480 e. The first-order valence-corrected chi connectivity index (χ1v) is 7.20. The van der Waals surface area contributed by atoms with Gasteiger partial charge in [0, 0.05) is 4.88 Å². The maximum absolute atomic E-state index is 12.3. The number of carboxylic acid groups (broad SMARTS) is 1. The minimum absolute atomic E-state index is 0.381. The molecule has 2 amide bonds. The van der Waals surface area contributed by atoms with Gasteiger partial charge in [0.15, 0.2) is 0 Å². The topological polar surface area (TPSA) is 101 Å². The summed E-state index contributed by atoms with van der Waals surface area (Å²) in [5.74, 6) is -2.33. The standard InChI is InChI=1S/C13H16N2O4S/c14-11(16)6-15(7-12(17)18)13(19)10-5-8-3-1-2-4-9(8)20-10/h5H,1-4,6-7H2,(H2,14,16)(H,17,18). The number of hydrogen-bond donors (Lipinski definition) is 2. The van der Waals surface area contributed by atoms with Gasteiger partial charge in [-0.3, -0.25) is 14.4 Å². The van der Waals surface area contributed by atoms with Gasteiger partial charge in [0.2, 0.25) is 5.91 Å². The molecule has 2 rings (SSSR count). The van der Waals surface area contributed by atoms with Crippen LogP contribution in [0.2, 0.25) is 0 Å². The van der Waals surface area contributed by atoms with Crippen molar-refractivity contribution in [2.75, 3.05) is 13.1 Å². The Morgan fingerprint density at radius 2 is 1.95 bits per heavy atom. The zero-order valence-corrected chi connectivity index (χ0v) is 11.7. The van der Waals surface area contributed by atoms with E-state index in [9.17, 15) is 14.4 Å². The number of rotatable bonds is 5. The molecule has 0 atom stereocenters. The molecule has 0 radical (unpaired) electrons. The Morgan fingerprint density at radius 1 is 1.25 bits per heavy atom. The largest absolute Gasteiger partial charge is 0.480 e. The second kappa shape index (κ2) is 6.04. The lowest BCUT2D eigenvalue weighted by molar-refractivity contribution is -0.138. The average molecular weight is 296 g/mol. The number of nitrogens with zero attached hydrogens (tertiary/aromatic N) is 1. The highest BCUT2D eigenvalue weighted by Crippen LogP contribution is 2.30. The third-order valence-electron chi connectivity index (χ3n) is 3.17. The summed E-state index contributed by atoms with van der Waals surface area (Å²) in [6, 6.07) is 1.82. The lowest BCUT2D eigenvalue weighted by atomic mass is 9.99. The fourth-order valence-corrected chi connectivity index (χ4v) is 3.52. The molecule has 0 saturated carbocycles. The van der Waals surface area contributed by atoms with Gasteiger partial charge in [0.1, 0.15) is 13.1 Å². The number of fused-ring (bicyclic) bond motifs is 1. The number of carbonyl (C=O) groups excluding carboxylic acids is 2. The minimum atomic E-state index is -1.17. The van der Waals surface area contributed by atoms with Crippen LogP contribution >= 0.6 is 11.3 Å². The third-order valence-corrected chi connectivity index (χ3v) is 4.39. The van der Waals surface area contributed by atoms with Gasteiger partial charge in [0.05, 0.1) is 4.88 Å². The van der Waals surface area contributed by atoms with Crippen molar-refractivity contribution in [3.63, 3.8) is 0 Å². The summed E-state index contributed by atoms with van der Waals surface area (Å²) in [6.07, 6.45) is 4.13. The SMILES string of the molecule is NC(=O)CN(CC(=O)O)C(=O)c1cc2c(s1)CCCC2. The van der Waals surface area contributed by atoms with E-state index in [-0.39, 0.29) is 6.54 Å². The Labute approximate surface area is 120 Å². The Hall–Kier alpha value is -1.89. The molecule has 1 aromatic rings. The zero-order valence-electron chi connectivity index (χ0n) is 10.9. The molecule has 1 aliphatic carbocycles. The van der Waals surface area contributed by atoms with Crippen LogP contribution in [0.1, 0.15) is 33.0 Å². The molecule has 0 unspecified atom stereocenters. The summed E-state index contributed by atoms with van der Waals surface area (Å²) in [6.45, 7) is -0.905. The Kier molecular flexibility index (Phi) is 4.39. The van der Waals surface area contributed by atoms with Gasteiger partial charge in [-0.25, -0.2) is 0 Å². The first-order chi connectivity index (χ1) is 9.47. The van der Waals surface area contributed by atoms with Crippen LogP contribution in [-0.4, -0.2) is 40.9 Å². The number of primary amides is 1. The number of aryl methyl sites for hydroxylation is 2. The van der Waals surface area contributed by atoms with E-state index in [1.54, 1.807) is 0 Å². The molecular weight excluding hydrogens is 280 g/mol. The smallest absolute Gasteiger partial charge is 0.323 e. The molecular formula is C13H16N2O4S. The summed E-state index contributed by atoms with van der Waals surface area (Å²) in [7, 11) is 0. The Morgan fingerprint density at radius 3 is 2.55 bits per heavy atom. The second-order valence-corrected chi connectivity index (χ2v) is 5.92. The third kappa shape index (κ3) is 3.36. The van der Waals surface area contributed by atoms with Gasteiger partial charge in [-0.05, 0) is 37.3 Å². The van der Waals surface area contributed by atoms with Crippen molar-refractivity contribution in [2.45, 2.75) is 25.7 Å². The van der Waals surface area contributed by atoms with E-state index in [0.717, 1.165) is 30.6 Å². The molecule has 3 N–H and O–H groups in total. The van der Waals surface area contributed by atoms with Crippen molar-refractivity contribution in [3.8, 4) is 0 Å². The predicted octanol–water partition coefficient (Wildman–Crippen LogP) is 0.639. The summed E-state index contributed by atoms with van der Waals surface area (Å²) in [5, 5.41) is 8.81. The molecule has 7 heteroatoms. The van der Waals surface area contributed by atoms with Crippen molar-refractivity contribution in [1.29, 1.82) is 0 Å². The van der Waals surface area contributed by atoms with Crippen molar-refractivity contribution in [3.05, 3.63) is 21.4 Å². The van der Waals surface area contributed by atoms with Crippen LogP contribution in [0.4, 0.5) is 0 Å². The number of aliphatic carboxylic acids is 1. The first kappa shape index (κ1) is 14.5. The highest BCUT2D eigenvalue weighted by atomic mass is 32.1. The first-order valence-electron chi connectivity index (χ1n) is 6.38. The van der Waals surface area contributed by atoms with Gasteiger partial charge < -0.3 is 15.7 Å². The van der Waals surface area contributed by atoms with Crippen LogP contribution in [0.3, 0.4) is 0 Å². The van der Waals surface area contributed by atoms with Crippen molar-refractivity contribution in [2.24, 2.45) is 5.73 Å². The Balaban J connectivity index is 2.19. The monoisotopic (exact) mass is 296 g/mol. The summed E-state index contributed by atoms with van der Waals surface area (Å²) < 4.78 is 0. The molecule has 0 aromatic carbocycles. The zero-order chi connectivity index (χ0) is 14.7. The van der Waals surface area contributed by atoms with Crippen LogP contribution in [0, 0.1) is 0 Å². The normalized spacial score (nSPS) is 13.6. The van der Waals surface area contributed by atoms with Gasteiger partial charge >= 0.3 is 5.97 Å². The lowest BCUT2D eigenvalue weighted by Crippen LogP contribution is -2.41. The quantitative estimate of drug-likeness (QED) is 0.832. The Bertz CT molecular complexity index is 513. The maximum Gasteiger partial charge on any atom is 0.323 e. The molecule has 108 valence electrons. The van der Waals surface area contributed by atoms with Gasteiger partial charge in [-0.15, -0.1) is 11.3 Å². The number of amides is 2. The highest BCUT2D eigenvalue weighted by molar-refractivity contribution is 7.14. The number of hydrogen-bond acceptors (Lipinski definition) is 4. The lowest BCUT2D eigenvalue weighted by Gasteiger charge is -2.17. The van der Waals surface area contributed by atoms with Crippen LogP contribution < -0.4 is 5.73 Å². The van der Waals surface area contributed by atoms with Crippen LogP contribution in [0.15, 0.2) is 6.07 Å². The number of carboxylic acids is 1. The van der Waals surface area contributed by atoms with Crippen molar-refractivity contribution < 1.29 is 19.5 Å². The van der Waals surface area contributed by atoms with Crippen LogP contribution in [-0.2, 0) is 22.4 Å². The van der Waals surface area contributed by atoms with Gasteiger partial charge in [-0.1, -0.05) is 0 Å². The van der Waals surface area contributed by atoms with E-state index in [1.807, 2.05) is 6.07 Å². The van der Waals surface area contributed by atoms with E-state index < -0.39 is 24.3 Å². The number of nitrogens with two attached hydrogens (primary N) is 1. The molecule has 6 nitrogen and oxygen atoms in total. The summed E-state index contributed by atoms with van der Waals surface area (Å²) in [5.41, 5.74) is 6.23. The molecule has 1 aromatic heterocycles. The number of carbonyl (C=O) groups is 3. The van der Waals surface area contributed by atoms with E-state index >= 15 is 0 Å². The molecule has 0 fully saturated rings. The van der Waals surface area contributed by atoms with E-state index in [2.05, 4.69) is 0 Å². The van der Waals surface area contributed by atoms with E-state index in [4.69, 9.17) is 10.8 Å². The molecule has 0 bridgehead atoms. The summed E-state index contributed by atoms with van der Waals surface area (Å²) in [4.78, 5) is 36.7. The van der Waals surface area contributed by atoms with Crippen molar-refractivity contribution >= 4 is 29.1 Å². The van der Waals surface area contributed by atoms with Gasteiger partial charge in [-0.2, -0.15) is 0 Å². The fraction of sp³-hybridized carbons (Fsp3) is 0.462. The van der Waals surface area contributed by atoms with E-state index in [1.165, 1.54) is 21.8 Å². The molecule has 1 aliphatic rings. The molecule has 1 heterocycles. The van der Waals surface area contributed by atoms with Crippen LogP contribution in [0.25, 0.3) is 0 Å². The van der Waals surface area contributed by atoms with Crippen molar-refractivity contribution in [1.82, 2.24) is 4.90 Å². The second-order valence-electron chi connectivity index (χ2n) is 4.79. The molecule has 0 aliphatic heterocycles. The number of thiophene rings is 1. The summed E-state index contributed by atoms with van der Waals surface area (Å²) >= 11 is 1.39. The van der Waals surface area contributed by atoms with Gasteiger partial charge in [0.25, 0.3) is 5.91 Å².